The molecule has 0 bridgehead atoms. The van der Waals surface area contributed by atoms with Crippen LogP contribution in [0.3, 0.4) is 0 Å². The third-order valence-electron chi connectivity index (χ3n) is 2.85. The third-order valence-corrected chi connectivity index (χ3v) is 2.85. The second-order valence-electron chi connectivity index (χ2n) is 4.10. The van der Waals surface area contributed by atoms with Gasteiger partial charge in [-0.05, 0) is 30.3 Å². The lowest BCUT2D eigenvalue weighted by Crippen LogP contribution is -1.98. The van der Waals surface area contributed by atoms with E-state index in [1.54, 1.807) is 37.1 Å². The van der Waals surface area contributed by atoms with E-state index >= 15 is 0 Å². The van der Waals surface area contributed by atoms with Crippen molar-refractivity contribution in [1.82, 2.24) is 14.5 Å². The number of hydrogen-bond donors (Lipinski definition) is 1. The molecule has 0 aliphatic rings. The SMILES string of the molecule is Nc1cc(-n2cncc2-c2cccnc2)ccc1F. The van der Waals surface area contributed by atoms with Crippen LogP contribution in [0, 0.1) is 5.82 Å². The molecule has 2 heterocycles. The van der Waals surface area contributed by atoms with Crippen LogP contribution in [-0.4, -0.2) is 14.5 Å². The average molecular weight is 254 g/mol. The average Bonchev–Trinajstić information content (AvgIpc) is 2.92. The van der Waals surface area contributed by atoms with Gasteiger partial charge in [0.2, 0.25) is 0 Å². The smallest absolute Gasteiger partial charge is 0.146 e. The predicted molar refractivity (Wildman–Crippen MR) is 71.2 cm³/mol. The van der Waals surface area contributed by atoms with Crippen molar-refractivity contribution in [3.05, 3.63) is 61.1 Å². The first-order valence-corrected chi connectivity index (χ1v) is 5.74. The molecule has 0 aliphatic heterocycles. The van der Waals surface area contributed by atoms with Crippen LogP contribution in [0.25, 0.3) is 16.9 Å². The second-order valence-corrected chi connectivity index (χ2v) is 4.10. The molecule has 0 fully saturated rings. The molecule has 3 rings (SSSR count). The van der Waals surface area contributed by atoms with E-state index in [1.807, 2.05) is 16.7 Å². The van der Waals surface area contributed by atoms with Gasteiger partial charge in [-0.15, -0.1) is 0 Å². The van der Waals surface area contributed by atoms with Crippen LogP contribution in [-0.2, 0) is 0 Å². The van der Waals surface area contributed by atoms with E-state index in [-0.39, 0.29) is 5.69 Å². The van der Waals surface area contributed by atoms with Crippen LogP contribution in [0.1, 0.15) is 0 Å². The predicted octanol–water partition coefficient (Wildman–Crippen LogP) is 2.66. The van der Waals surface area contributed by atoms with Crippen molar-refractivity contribution in [1.29, 1.82) is 0 Å². The topological polar surface area (TPSA) is 56.7 Å². The molecule has 0 amide bonds. The fourth-order valence-corrected chi connectivity index (χ4v) is 1.91. The van der Waals surface area contributed by atoms with Crippen molar-refractivity contribution in [2.75, 3.05) is 5.73 Å². The molecule has 0 radical (unpaired) electrons. The normalized spacial score (nSPS) is 10.6. The van der Waals surface area contributed by atoms with Crippen molar-refractivity contribution >= 4 is 5.69 Å². The Morgan fingerprint density at radius 1 is 1.11 bits per heavy atom. The molecule has 0 unspecified atom stereocenters. The number of aromatic nitrogens is 3. The fraction of sp³-hybridized carbons (Fsp3) is 0. The third kappa shape index (κ3) is 2.06. The lowest BCUT2D eigenvalue weighted by atomic mass is 10.2. The summed E-state index contributed by atoms with van der Waals surface area (Å²) in [5, 5.41) is 0. The Morgan fingerprint density at radius 3 is 2.74 bits per heavy atom. The Labute approximate surface area is 109 Å². The van der Waals surface area contributed by atoms with Crippen molar-refractivity contribution < 1.29 is 4.39 Å². The maximum Gasteiger partial charge on any atom is 0.146 e. The quantitative estimate of drug-likeness (QED) is 0.715. The van der Waals surface area contributed by atoms with Crippen LogP contribution in [0.5, 0.6) is 0 Å². The molecule has 94 valence electrons. The minimum absolute atomic E-state index is 0.114. The van der Waals surface area contributed by atoms with E-state index in [1.165, 1.54) is 6.07 Å². The lowest BCUT2D eigenvalue weighted by molar-refractivity contribution is 0.632. The van der Waals surface area contributed by atoms with Crippen molar-refractivity contribution in [3.8, 4) is 16.9 Å². The monoisotopic (exact) mass is 254 g/mol. The summed E-state index contributed by atoms with van der Waals surface area (Å²) >= 11 is 0. The lowest BCUT2D eigenvalue weighted by Gasteiger charge is -2.09. The van der Waals surface area contributed by atoms with Gasteiger partial charge in [0.15, 0.2) is 0 Å². The molecule has 0 saturated heterocycles. The van der Waals surface area contributed by atoms with Gasteiger partial charge in [0, 0.05) is 23.6 Å². The van der Waals surface area contributed by atoms with Crippen molar-refractivity contribution in [2.45, 2.75) is 0 Å². The first kappa shape index (κ1) is 11.4. The Hall–Kier alpha value is -2.69. The molecule has 4 nitrogen and oxygen atoms in total. The molecule has 2 N–H and O–H groups in total. The van der Waals surface area contributed by atoms with Gasteiger partial charge in [-0.2, -0.15) is 0 Å². The summed E-state index contributed by atoms with van der Waals surface area (Å²) in [7, 11) is 0. The Bertz CT molecular complexity index is 706. The molecular weight excluding hydrogens is 243 g/mol. The first-order chi connectivity index (χ1) is 9.25. The molecular formula is C14H11FN4. The molecule has 0 aliphatic carbocycles. The van der Waals surface area contributed by atoms with Gasteiger partial charge >= 0.3 is 0 Å². The molecule has 2 aromatic heterocycles. The number of hydrogen-bond acceptors (Lipinski definition) is 3. The Morgan fingerprint density at radius 2 is 2.00 bits per heavy atom. The fourth-order valence-electron chi connectivity index (χ4n) is 1.91. The number of halogens is 1. The van der Waals surface area contributed by atoms with E-state index in [4.69, 9.17) is 5.73 Å². The van der Waals surface area contributed by atoms with Crippen LogP contribution < -0.4 is 5.73 Å². The summed E-state index contributed by atoms with van der Waals surface area (Å²) in [6.07, 6.45) is 6.85. The van der Waals surface area contributed by atoms with E-state index in [9.17, 15) is 4.39 Å². The van der Waals surface area contributed by atoms with Gasteiger partial charge < -0.3 is 5.73 Å². The maximum absolute atomic E-state index is 13.2. The molecule has 3 aromatic rings. The van der Waals surface area contributed by atoms with Gasteiger partial charge in [-0.25, -0.2) is 9.37 Å². The summed E-state index contributed by atoms with van der Waals surface area (Å²) in [6.45, 7) is 0. The van der Waals surface area contributed by atoms with Crippen LogP contribution in [0.4, 0.5) is 10.1 Å². The highest BCUT2D eigenvalue weighted by Crippen LogP contribution is 2.23. The maximum atomic E-state index is 13.2. The summed E-state index contributed by atoms with van der Waals surface area (Å²) in [4.78, 5) is 8.21. The van der Waals surface area contributed by atoms with Crippen LogP contribution in [0.2, 0.25) is 0 Å². The van der Waals surface area contributed by atoms with E-state index in [0.717, 1.165) is 16.9 Å². The number of benzene rings is 1. The molecule has 5 heteroatoms. The number of pyridine rings is 1. The minimum Gasteiger partial charge on any atom is -0.396 e. The Balaban J connectivity index is 2.12. The highest BCUT2D eigenvalue weighted by Gasteiger charge is 2.08. The molecule has 0 saturated carbocycles. The second kappa shape index (κ2) is 4.53. The molecule has 0 atom stereocenters. The van der Waals surface area contributed by atoms with Gasteiger partial charge in [-0.3, -0.25) is 9.55 Å². The number of imidazole rings is 1. The summed E-state index contributed by atoms with van der Waals surface area (Å²) in [5.74, 6) is -0.424. The highest BCUT2D eigenvalue weighted by molar-refractivity contribution is 5.61. The molecule has 19 heavy (non-hydrogen) atoms. The Kier molecular flexibility index (Phi) is 2.72. The number of rotatable bonds is 2. The number of nitrogen functional groups attached to an aromatic ring is 1. The largest absolute Gasteiger partial charge is 0.396 e. The van der Waals surface area contributed by atoms with Crippen molar-refractivity contribution in [3.63, 3.8) is 0 Å². The highest BCUT2D eigenvalue weighted by atomic mass is 19.1. The number of nitrogens with zero attached hydrogens (tertiary/aromatic N) is 3. The van der Waals surface area contributed by atoms with E-state index in [2.05, 4.69) is 9.97 Å². The van der Waals surface area contributed by atoms with Gasteiger partial charge in [0.1, 0.15) is 5.82 Å². The van der Waals surface area contributed by atoms with Crippen molar-refractivity contribution in [2.24, 2.45) is 0 Å². The summed E-state index contributed by atoms with van der Waals surface area (Å²) in [6, 6.07) is 8.38. The minimum atomic E-state index is -0.424. The van der Waals surface area contributed by atoms with Gasteiger partial charge in [-0.1, -0.05) is 0 Å². The van der Waals surface area contributed by atoms with Gasteiger partial charge in [0.05, 0.1) is 23.9 Å². The molecule has 0 spiro atoms. The standard InChI is InChI=1S/C14H11FN4/c15-12-4-3-11(6-13(12)16)19-9-18-8-14(19)10-2-1-5-17-7-10/h1-9H,16H2. The van der Waals surface area contributed by atoms with E-state index < -0.39 is 5.82 Å². The summed E-state index contributed by atoms with van der Waals surface area (Å²) < 4.78 is 15.0. The zero-order valence-electron chi connectivity index (χ0n) is 9.99. The van der Waals surface area contributed by atoms with E-state index in [0.29, 0.717) is 0 Å². The van der Waals surface area contributed by atoms with Crippen LogP contribution >= 0.6 is 0 Å². The van der Waals surface area contributed by atoms with Crippen LogP contribution in [0.15, 0.2) is 55.2 Å². The zero-order valence-corrected chi connectivity index (χ0v) is 9.99. The molecule has 1 aromatic carbocycles. The first-order valence-electron chi connectivity index (χ1n) is 5.74. The van der Waals surface area contributed by atoms with Gasteiger partial charge in [0.25, 0.3) is 0 Å². The zero-order chi connectivity index (χ0) is 13.2. The number of nitrogens with two attached hydrogens (primary N) is 1. The number of anilines is 1. The summed E-state index contributed by atoms with van der Waals surface area (Å²) in [5.41, 5.74) is 8.28.